The van der Waals surface area contributed by atoms with Crippen molar-refractivity contribution < 1.29 is 60.2 Å². The monoisotopic (exact) mass is 1180 g/mol. The van der Waals surface area contributed by atoms with Gasteiger partial charge in [-0.3, -0.25) is 33.0 Å². The Morgan fingerprint density at radius 3 is 2.20 bits per heavy atom. The van der Waals surface area contributed by atoms with Gasteiger partial charge in [0, 0.05) is 82.9 Å². The van der Waals surface area contributed by atoms with Crippen molar-refractivity contribution in [2.75, 3.05) is 32.5 Å². The number of allylic oxidation sites excluding steroid dienone is 2. The normalized spacial score (nSPS) is 13.9. The molecule has 0 saturated heterocycles. The minimum absolute atomic E-state index is 0.0108. The number of ketones is 1. The van der Waals surface area contributed by atoms with E-state index in [9.17, 15) is 42.0 Å². The van der Waals surface area contributed by atoms with Crippen molar-refractivity contribution in [2.24, 2.45) is 0 Å². The lowest BCUT2D eigenvalue weighted by atomic mass is 9.75. The van der Waals surface area contributed by atoms with Crippen LogP contribution in [0.25, 0.3) is 16.6 Å². The predicted molar refractivity (Wildman–Crippen MR) is 321 cm³/mol. The lowest BCUT2D eigenvalue weighted by molar-refractivity contribution is -0.335. The maximum Gasteiger partial charge on any atom is 0.847 e. The molecule has 0 aliphatic carbocycles. The first-order valence-electron chi connectivity index (χ1n) is 27.9. The Morgan fingerprint density at radius 2 is 1.49 bits per heavy atom. The largest absolute Gasteiger partial charge is 0.847 e. The van der Waals surface area contributed by atoms with E-state index in [0.717, 1.165) is 76.4 Å². The molecule has 23 heteroatoms. The van der Waals surface area contributed by atoms with E-state index in [-0.39, 0.29) is 57.2 Å². The van der Waals surface area contributed by atoms with Gasteiger partial charge in [0.2, 0.25) is 23.4 Å². The Balaban J connectivity index is 0.722. The fraction of sp³-hybridized carbons (Fsp3) is 0.333. The zero-order valence-electron chi connectivity index (χ0n) is 46.3. The standard InChI is InChI=1S/C60H65B2FN6O11S3/c1-3-4-15-42-34-50(52-19-12-31-81-52)68-48(42)36-49-43(35-51(69(49)62(68)63)53-20-13-32-82-53)26-27-55(71)67-47(38-83(76,77)78)60(74)65-28-11-10-21-54(70)64-29-30-66-59(73)45-33-44(58(79-2)56-46(45)37-80-61(56)75)18-9-8-14-39-22-24-41(25-23-39)57(72)40-16-6-5-7-17-40/h5-7,12-13,16-17,19-20,22-25,31-36,47,75H,3-4,8-11,14-15,18,21,26-30,37-38H2,1-2H3,(H4-,64,65,66,67,70,71,73,74,76,77,78)/p+1. The van der Waals surface area contributed by atoms with Gasteiger partial charge in [0.1, 0.15) is 17.5 Å². The molecule has 3 aliphatic rings. The number of aromatic nitrogens is 1. The van der Waals surface area contributed by atoms with Crippen molar-refractivity contribution >= 4 is 93.8 Å². The quantitative estimate of drug-likeness (QED) is 0.0119. The molecular weight excluding hydrogens is 1120 g/mol. The summed E-state index contributed by atoms with van der Waals surface area (Å²) in [6, 6.07) is 26.7. The molecule has 9 rings (SSSR count). The molecule has 6 N–H and O–H groups in total. The van der Waals surface area contributed by atoms with E-state index in [0.29, 0.717) is 69.7 Å². The molecule has 6 heterocycles. The minimum atomic E-state index is -4.72. The number of nitrogens with zero attached hydrogens (tertiary/aromatic N) is 2. The van der Waals surface area contributed by atoms with Crippen LogP contribution in [0.2, 0.25) is 0 Å². The van der Waals surface area contributed by atoms with Gasteiger partial charge in [-0.1, -0.05) is 80.1 Å². The maximum atomic E-state index is 17.2. The van der Waals surface area contributed by atoms with E-state index in [1.54, 1.807) is 38.5 Å². The Hall–Kier alpha value is -7.27. The van der Waals surface area contributed by atoms with Crippen LogP contribution in [-0.2, 0) is 55.0 Å². The first-order chi connectivity index (χ1) is 40.1. The van der Waals surface area contributed by atoms with Crippen LogP contribution in [0.1, 0.15) is 124 Å². The number of rotatable bonds is 29. The van der Waals surface area contributed by atoms with Crippen LogP contribution in [0.15, 0.2) is 119 Å². The van der Waals surface area contributed by atoms with Crippen molar-refractivity contribution in [3.05, 3.63) is 169 Å². The predicted octanol–water partition coefficient (Wildman–Crippen LogP) is 7.23. The number of ether oxygens (including phenoxy) is 1. The van der Waals surface area contributed by atoms with Crippen LogP contribution in [-0.4, -0.2) is 115 Å². The molecule has 6 aromatic rings. The summed E-state index contributed by atoms with van der Waals surface area (Å²) in [7, 11) is -6.06. The summed E-state index contributed by atoms with van der Waals surface area (Å²) in [5.41, 5.74) is 8.88. The number of nitrogens with one attached hydrogen (secondary N) is 4. The van der Waals surface area contributed by atoms with E-state index in [4.69, 9.17) is 9.39 Å². The third kappa shape index (κ3) is 14.7. The van der Waals surface area contributed by atoms with E-state index in [1.807, 2.05) is 89.6 Å². The van der Waals surface area contributed by atoms with Gasteiger partial charge in [0.25, 0.3) is 16.0 Å². The third-order valence-corrected chi connectivity index (χ3v) is 17.4. The van der Waals surface area contributed by atoms with Crippen LogP contribution in [0.4, 0.5) is 4.32 Å². The molecule has 1 unspecified atom stereocenters. The molecule has 0 fully saturated rings. The Bertz CT molecular complexity index is 3550. The highest BCUT2D eigenvalue weighted by Crippen LogP contribution is 2.39. The Morgan fingerprint density at radius 1 is 0.783 bits per heavy atom. The molecule has 0 radical (unpaired) electrons. The molecule has 1 atom stereocenters. The fourth-order valence-electron chi connectivity index (χ4n) is 10.7. The van der Waals surface area contributed by atoms with Gasteiger partial charge in [0.15, 0.2) is 11.5 Å². The number of fused-ring (bicyclic) bond motifs is 3. The highest BCUT2D eigenvalue weighted by atomic mass is 32.2. The Labute approximate surface area is 491 Å². The number of carbonyl (C=O) groups is 5. The molecule has 83 heavy (non-hydrogen) atoms. The maximum absolute atomic E-state index is 17.2. The second-order valence-corrected chi connectivity index (χ2v) is 24.0. The SMILES string of the molecule is CCCCc1cc(-c2cccs2)n2c1C=C1C(CCC(=O)NC(CS(=O)(=O)O)C(=O)NCCCCC(=O)NCCNC(=O)c3cc(CCCCc4ccc(C(=O)c5ccccc5)cc4)c(OC)c4c3COB4O)=CC(c3cccs3)=[N+]1B2F. The average Bonchev–Trinajstić information content (AvgIpc) is 3.68. The Kier molecular flexibility index (Phi) is 20.3. The summed E-state index contributed by atoms with van der Waals surface area (Å²) in [6.45, 7) is 2.38. The summed E-state index contributed by atoms with van der Waals surface area (Å²) in [5, 5.41) is 25.3. The van der Waals surface area contributed by atoms with Crippen LogP contribution in [0.3, 0.4) is 0 Å². The number of unbranched alkanes of at least 4 members (excludes halogenated alkanes) is 3. The first-order valence-corrected chi connectivity index (χ1v) is 31.3. The van der Waals surface area contributed by atoms with Gasteiger partial charge in [-0.25, -0.2) is 8.80 Å². The van der Waals surface area contributed by atoms with Crippen LogP contribution in [0, 0.1) is 0 Å². The second-order valence-electron chi connectivity index (χ2n) is 20.6. The van der Waals surface area contributed by atoms with Crippen molar-refractivity contribution in [1.82, 2.24) is 25.7 Å². The number of halogens is 1. The number of hydrogen-bond donors (Lipinski definition) is 6. The minimum Gasteiger partial charge on any atom is -0.497 e. The molecule has 4 amide bonds. The first kappa shape index (κ1) is 60.3. The van der Waals surface area contributed by atoms with Gasteiger partial charge in [-0.2, -0.15) is 8.42 Å². The number of benzene rings is 3. The summed E-state index contributed by atoms with van der Waals surface area (Å²) >= 11 is 3.00. The number of carbonyl (C=O) groups excluding carboxylic acids is 5. The highest BCUT2D eigenvalue weighted by molar-refractivity contribution is 7.85. The van der Waals surface area contributed by atoms with Crippen LogP contribution in [0.5, 0.6) is 5.75 Å². The molecule has 0 spiro atoms. The van der Waals surface area contributed by atoms with Crippen molar-refractivity contribution in [3.63, 3.8) is 0 Å². The van der Waals surface area contributed by atoms with Crippen molar-refractivity contribution in [3.8, 4) is 16.3 Å². The molecule has 3 aromatic heterocycles. The van der Waals surface area contributed by atoms with E-state index in [1.165, 1.54) is 18.4 Å². The molecule has 432 valence electrons. The zero-order chi connectivity index (χ0) is 58.6. The number of hydrogen-bond acceptors (Lipinski definition) is 12. The average molecular weight is 1180 g/mol. The molecular formula is C60H66B2FN6O11S3+. The lowest BCUT2D eigenvalue weighted by Gasteiger charge is -2.18. The summed E-state index contributed by atoms with van der Waals surface area (Å²) in [5.74, 6) is -2.82. The van der Waals surface area contributed by atoms with Gasteiger partial charge in [-0.15, -0.1) is 22.7 Å². The van der Waals surface area contributed by atoms with Gasteiger partial charge < -0.3 is 35.7 Å². The van der Waals surface area contributed by atoms with E-state index in [2.05, 4.69) is 34.3 Å². The smallest absolute Gasteiger partial charge is 0.497 e. The van der Waals surface area contributed by atoms with Crippen molar-refractivity contribution in [2.45, 2.75) is 96.6 Å². The van der Waals surface area contributed by atoms with Crippen LogP contribution >= 0.6 is 22.7 Å². The molecule has 17 nitrogen and oxygen atoms in total. The molecule has 0 saturated carbocycles. The van der Waals surface area contributed by atoms with E-state index >= 15 is 4.32 Å². The second kappa shape index (κ2) is 27.9. The lowest BCUT2D eigenvalue weighted by Crippen LogP contribution is -2.50. The van der Waals surface area contributed by atoms with Crippen LogP contribution < -0.4 is 31.5 Å². The fourth-order valence-corrected chi connectivity index (χ4v) is 12.9. The highest BCUT2D eigenvalue weighted by Gasteiger charge is 2.51. The number of thiophene rings is 2. The summed E-state index contributed by atoms with van der Waals surface area (Å²) in [4.78, 5) is 67.9. The van der Waals surface area contributed by atoms with E-state index < -0.39 is 54.0 Å². The summed E-state index contributed by atoms with van der Waals surface area (Å²) in [6.07, 6.45) is 10.1. The number of amides is 4. The third-order valence-electron chi connectivity index (χ3n) is 14.9. The number of methoxy groups -OCH3 is 1. The van der Waals surface area contributed by atoms with Gasteiger partial charge in [0.05, 0.1) is 24.3 Å². The molecule has 3 aliphatic heterocycles. The summed E-state index contributed by atoms with van der Waals surface area (Å²) < 4.78 is 65.7. The molecule has 3 aromatic carbocycles. The van der Waals surface area contributed by atoms with Crippen molar-refractivity contribution in [1.29, 1.82) is 0 Å². The van der Waals surface area contributed by atoms with Gasteiger partial charge >= 0.3 is 14.4 Å². The number of aryl methyl sites for hydroxylation is 3. The zero-order valence-corrected chi connectivity index (χ0v) is 48.7. The van der Waals surface area contributed by atoms with Gasteiger partial charge in [-0.05, 0) is 115 Å². The molecule has 0 bridgehead atoms. The topological polar surface area (TPSA) is 234 Å².